The van der Waals surface area contributed by atoms with Crippen LogP contribution in [0.15, 0.2) is 18.3 Å². The molecule has 28 heavy (non-hydrogen) atoms. The van der Waals surface area contributed by atoms with Crippen molar-refractivity contribution in [3.8, 4) is 11.8 Å². The van der Waals surface area contributed by atoms with Crippen molar-refractivity contribution in [2.24, 2.45) is 0 Å². The molecular weight excluding hydrogens is 358 g/mol. The van der Waals surface area contributed by atoms with E-state index in [1.165, 1.54) is 11.1 Å². The van der Waals surface area contributed by atoms with Crippen molar-refractivity contribution in [3.63, 3.8) is 0 Å². The average Bonchev–Trinajstić information content (AvgIpc) is 3.19. The van der Waals surface area contributed by atoms with Crippen molar-refractivity contribution in [1.82, 2.24) is 20.1 Å². The molecule has 3 heterocycles. The van der Waals surface area contributed by atoms with E-state index in [9.17, 15) is 4.79 Å². The van der Waals surface area contributed by atoms with Gasteiger partial charge in [-0.05, 0) is 13.0 Å². The van der Waals surface area contributed by atoms with Crippen LogP contribution in [0.2, 0.25) is 0 Å². The standard InChI is InChI=1S/C19H23N7O2/c1-13-12-28-9-8-26(13)17-10-14(4-5-18(27)25(2)3)15(11-20)19(23-17)22-16-6-7-21-24-16/h6-7,10-11,13,20H,8-9,12H2,1-3H3,(H2,21,22,23,24)/t13-/m1/s1. The Kier molecular flexibility index (Phi) is 5.91. The number of nitrogens with zero attached hydrogens (tertiary/aromatic N) is 4. The summed E-state index contributed by atoms with van der Waals surface area (Å²) in [4.78, 5) is 20.2. The Bertz CT molecular complexity index is 912. The zero-order chi connectivity index (χ0) is 20.1. The van der Waals surface area contributed by atoms with Gasteiger partial charge in [-0.25, -0.2) is 4.98 Å². The van der Waals surface area contributed by atoms with Gasteiger partial charge in [0.15, 0.2) is 0 Å². The topological polar surface area (TPSA) is 110 Å². The lowest BCUT2D eigenvalue weighted by molar-refractivity contribution is -0.122. The number of morpholine rings is 1. The summed E-state index contributed by atoms with van der Waals surface area (Å²) in [6, 6.07) is 3.73. The summed E-state index contributed by atoms with van der Waals surface area (Å²) < 4.78 is 5.52. The molecule has 0 aliphatic carbocycles. The highest BCUT2D eigenvalue weighted by atomic mass is 16.5. The highest BCUT2D eigenvalue weighted by Crippen LogP contribution is 2.26. The van der Waals surface area contributed by atoms with E-state index in [2.05, 4.69) is 39.2 Å². The number of pyridine rings is 1. The lowest BCUT2D eigenvalue weighted by Gasteiger charge is -2.34. The summed E-state index contributed by atoms with van der Waals surface area (Å²) >= 11 is 0. The second-order valence-corrected chi connectivity index (χ2v) is 6.60. The summed E-state index contributed by atoms with van der Waals surface area (Å²) in [6.07, 6.45) is 2.80. The number of ether oxygens (including phenoxy) is 1. The van der Waals surface area contributed by atoms with Gasteiger partial charge in [-0.3, -0.25) is 9.89 Å². The van der Waals surface area contributed by atoms with Crippen molar-refractivity contribution in [2.45, 2.75) is 13.0 Å². The van der Waals surface area contributed by atoms with E-state index in [0.29, 0.717) is 48.3 Å². The summed E-state index contributed by atoms with van der Waals surface area (Å²) in [6.45, 7) is 3.98. The molecule has 0 unspecified atom stereocenters. The van der Waals surface area contributed by atoms with Crippen molar-refractivity contribution in [3.05, 3.63) is 29.5 Å². The predicted molar refractivity (Wildman–Crippen MR) is 107 cm³/mol. The summed E-state index contributed by atoms with van der Waals surface area (Å²) in [5, 5.41) is 17.7. The number of aromatic amines is 1. The minimum absolute atomic E-state index is 0.149. The van der Waals surface area contributed by atoms with Crippen LogP contribution in [0.4, 0.5) is 17.5 Å². The number of amides is 1. The molecular formula is C19H23N7O2. The Hall–Kier alpha value is -3.38. The Labute approximate surface area is 163 Å². The number of hydrogen-bond acceptors (Lipinski definition) is 7. The van der Waals surface area contributed by atoms with Gasteiger partial charge >= 0.3 is 0 Å². The van der Waals surface area contributed by atoms with Crippen molar-refractivity contribution in [2.75, 3.05) is 44.1 Å². The molecule has 1 aliphatic heterocycles. The SMILES string of the molecule is C[C@@H]1COCCN1c1cc(C#CC(=O)N(C)C)c(C=N)c(Nc2ccn[nH]2)n1. The van der Waals surface area contributed by atoms with Crippen LogP contribution in [0, 0.1) is 17.3 Å². The first-order chi connectivity index (χ1) is 13.5. The number of anilines is 3. The zero-order valence-electron chi connectivity index (χ0n) is 16.1. The molecule has 1 atom stereocenters. The third-order valence-corrected chi connectivity index (χ3v) is 4.32. The molecule has 3 rings (SSSR count). The maximum absolute atomic E-state index is 11.9. The molecule has 0 bridgehead atoms. The fraction of sp³-hybridized carbons (Fsp3) is 0.368. The van der Waals surface area contributed by atoms with E-state index >= 15 is 0 Å². The Morgan fingerprint density at radius 1 is 1.54 bits per heavy atom. The van der Waals surface area contributed by atoms with E-state index in [1.54, 1.807) is 26.4 Å². The third kappa shape index (κ3) is 4.29. The number of hydrogen-bond donors (Lipinski definition) is 3. The second-order valence-electron chi connectivity index (χ2n) is 6.60. The third-order valence-electron chi connectivity index (χ3n) is 4.32. The molecule has 0 saturated carbocycles. The lowest BCUT2D eigenvalue weighted by atomic mass is 10.1. The van der Waals surface area contributed by atoms with E-state index in [4.69, 9.17) is 15.1 Å². The van der Waals surface area contributed by atoms with Crippen LogP contribution in [0.1, 0.15) is 18.1 Å². The molecule has 1 amide bonds. The highest BCUT2D eigenvalue weighted by Gasteiger charge is 2.22. The lowest BCUT2D eigenvalue weighted by Crippen LogP contribution is -2.44. The van der Waals surface area contributed by atoms with Crippen LogP contribution in [0.3, 0.4) is 0 Å². The highest BCUT2D eigenvalue weighted by molar-refractivity contribution is 5.95. The van der Waals surface area contributed by atoms with E-state index in [0.717, 1.165) is 0 Å². The van der Waals surface area contributed by atoms with Gasteiger partial charge in [-0.15, -0.1) is 0 Å². The molecule has 1 aliphatic rings. The van der Waals surface area contributed by atoms with Crippen molar-refractivity contribution >= 4 is 29.6 Å². The maximum Gasteiger partial charge on any atom is 0.298 e. The van der Waals surface area contributed by atoms with Gasteiger partial charge < -0.3 is 25.3 Å². The van der Waals surface area contributed by atoms with Crippen LogP contribution in [0.25, 0.3) is 0 Å². The molecule has 1 saturated heterocycles. The minimum atomic E-state index is -0.308. The predicted octanol–water partition coefficient (Wildman–Crippen LogP) is 1.21. The molecule has 2 aromatic heterocycles. The first kappa shape index (κ1) is 19.4. The van der Waals surface area contributed by atoms with E-state index in [-0.39, 0.29) is 11.9 Å². The smallest absolute Gasteiger partial charge is 0.298 e. The number of H-pyrrole nitrogens is 1. The van der Waals surface area contributed by atoms with Crippen LogP contribution < -0.4 is 10.2 Å². The molecule has 1 fully saturated rings. The minimum Gasteiger partial charge on any atom is -0.377 e. The summed E-state index contributed by atoms with van der Waals surface area (Å²) in [5.74, 6) is 7.04. The molecule has 9 nitrogen and oxygen atoms in total. The van der Waals surface area contributed by atoms with E-state index < -0.39 is 0 Å². The Morgan fingerprint density at radius 2 is 2.36 bits per heavy atom. The fourth-order valence-electron chi connectivity index (χ4n) is 2.79. The van der Waals surface area contributed by atoms with Crippen LogP contribution in [0.5, 0.6) is 0 Å². The molecule has 0 radical (unpaired) electrons. The second kappa shape index (κ2) is 8.54. The van der Waals surface area contributed by atoms with Gasteiger partial charge in [0.05, 0.1) is 31.0 Å². The van der Waals surface area contributed by atoms with E-state index in [1.807, 2.05) is 6.07 Å². The van der Waals surface area contributed by atoms with Gasteiger partial charge in [-0.2, -0.15) is 5.10 Å². The molecule has 0 aromatic carbocycles. The van der Waals surface area contributed by atoms with Gasteiger partial charge in [0.1, 0.15) is 17.5 Å². The average molecular weight is 381 g/mol. The first-order valence-electron chi connectivity index (χ1n) is 8.89. The number of aromatic nitrogens is 3. The normalized spacial score (nSPS) is 16.1. The number of carbonyl (C=O) groups is 1. The zero-order valence-corrected chi connectivity index (χ0v) is 16.1. The molecule has 2 aromatic rings. The van der Waals surface area contributed by atoms with Crippen LogP contribution >= 0.6 is 0 Å². The van der Waals surface area contributed by atoms with Gasteiger partial charge in [0.2, 0.25) is 0 Å². The van der Waals surface area contributed by atoms with Crippen LogP contribution in [-0.2, 0) is 9.53 Å². The van der Waals surface area contributed by atoms with Gasteiger partial charge in [0, 0.05) is 44.4 Å². The molecule has 0 spiro atoms. The number of nitrogens with one attached hydrogen (secondary N) is 3. The van der Waals surface area contributed by atoms with Gasteiger partial charge in [0.25, 0.3) is 5.91 Å². The molecule has 146 valence electrons. The quantitative estimate of drug-likeness (QED) is 0.542. The maximum atomic E-state index is 11.9. The monoisotopic (exact) mass is 381 g/mol. The molecule has 3 N–H and O–H groups in total. The van der Waals surface area contributed by atoms with Crippen molar-refractivity contribution in [1.29, 1.82) is 5.41 Å². The Balaban J connectivity index is 2.08. The molecule has 9 heteroatoms. The number of rotatable bonds is 4. The van der Waals surface area contributed by atoms with Crippen molar-refractivity contribution < 1.29 is 9.53 Å². The Morgan fingerprint density at radius 3 is 3.00 bits per heavy atom. The summed E-state index contributed by atoms with van der Waals surface area (Å²) in [7, 11) is 3.29. The number of carbonyl (C=O) groups excluding carboxylic acids is 1. The first-order valence-corrected chi connectivity index (χ1v) is 8.89. The largest absolute Gasteiger partial charge is 0.377 e. The van der Waals surface area contributed by atoms with Crippen LogP contribution in [-0.4, -0.2) is 72.1 Å². The fourth-order valence-corrected chi connectivity index (χ4v) is 2.79. The summed E-state index contributed by atoms with van der Waals surface area (Å²) in [5.41, 5.74) is 1.05. The van der Waals surface area contributed by atoms with Gasteiger partial charge in [-0.1, -0.05) is 5.92 Å².